The van der Waals surface area contributed by atoms with Gasteiger partial charge in [0, 0.05) is 43.4 Å². The zero-order valence-corrected chi connectivity index (χ0v) is 47.1. The molecule has 0 amide bonds. The van der Waals surface area contributed by atoms with Crippen LogP contribution >= 0.6 is 0 Å². The number of aromatic hydroxyl groups is 1. The molecule has 0 aliphatic carbocycles. The van der Waals surface area contributed by atoms with Crippen LogP contribution in [0, 0.1) is 0 Å². The Morgan fingerprint density at radius 1 is 0.471 bits per heavy atom. The zero-order valence-electron chi connectivity index (χ0n) is 35.8. The van der Waals surface area contributed by atoms with Crippen LogP contribution in [0.3, 0.4) is 0 Å². The predicted molar refractivity (Wildman–Crippen MR) is 227 cm³/mol. The molecule has 20 nitrogen and oxygen atoms in total. The molecule has 8 aromatic rings. The van der Waals surface area contributed by atoms with Crippen molar-refractivity contribution in [3.8, 4) is 5.75 Å². The fraction of sp³-hybridized carbons (Fsp3) is 0. The number of fused-ring (bicyclic) bond motifs is 4. The third-order valence-electron chi connectivity index (χ3n) is 9.60. The molecule has 0 saturated carbocycles. The molecule has 8 aromatic carbocycles. The van der Waals surface area contributed by atoms with E-state index < -0.39 is 72.1 Å². The maximum atomic E-state index is 12.2. The molecule has 0 bridgehead atoms. The van der Waals surface area contributed by atoms with Gasteiger partial charge in [-0.1, -0.05) is 48.5 Å². The number of phenols is 1. The summed E-state index contributed by atoms with van der Waals surface area (Å²) in [5.74, 6) is -0.516. The van der Waals surface area contributed by atoms with Crippen molar-refractivity contribution in [1.29, 1.82) is 0 Å². The van der Waals surface area contributed by atoms with Crippen LogP contribution in [-0.2, 0) is 49.5 Å². The van der Waals surface area contributed by atoms with Crippen molar-refractivity contribution in [1.82, 2.24) is 0 Å². The summed E-state index contributed by atoms with van der Waals surface area (Å²) >= 11 is 0. The number of rotatable bonds is 10. The van der Waals surface area contributed by atoms with Gasteiger partial charge < -0.3 is 38.4 Å². The summed E-state index contributed by atoms with van der Waals surface area (Å²) in [6.45, 7) is 0. The van der Waals surface area contributed by atoms with Crippen LogP contribution in [0.4, 0.5) is 39.8 Å². The van der Waals surface area contributed by atoms with E-state index in [-0.39, 0.29) is 173 Å². The van der Waals surface area contributed by atoms with E-state index in [0.29, 0.717) is 27.5 Å². The van der Waals surface area contributed by atoms with Gasteiger partial charge in [0.15, 0.2) is 0 Å². The van der Waals surface area contributed by atoms with E-state index >= 15 is 0 Å². The van der Waals surface area contributed by atoms with E-state index in [1.54, 1.807) is 24.3 Å². The van der Waals surface area contributed by atoms with Crippen LogP contribution in [0.15, 0.2) is 172 Å². The number of hydrogen-bond donors (Lipinski definition) is 2. The minimum atomic E-state index is -5.18. The fourth-order valence-electron chi connectivity index (χ4n) is 6.78. The standard InChI is InChI=1S/C40H26N7O12S4.4Na.H2O/c41-22-8-10-25-21(16-22)17-36(60(49)50)39(40(25)48)47-46-35-15-14-34(28-11-9-24(20-30(28)35)61(51,52)53)45-44-33-13-12-32(26-4-1-2-5-27(26)33)43-42-23-18-31-29(38(19-23)63(57,58)59)6-3-7-37(31)62(54,55)56;;;;;/h1-20,48H,41H2,(H,51,52,53)(H,54,55,56)(H,57,58,59);;;;;1H2/q-1;4*+1;/p-4. The number of nitrogen functional groups attached to an aromatic ring is 1. The first kappa shape index (κ1) is 59.2. The average Bonchev–Trinajstić information content (AvgIpc) is 3.23. The Bertz CT molecular complexity index is 3820. The summed E-state index contributed by atoms with van der Waals surface area (Å²) in [7, 11) is -18.1. The van der Waals surface area contributed by atoms with Crippen LogP contribution in [0.2, 0.25) is 0 Å². The molecule has 28 heteroatoms. The van der Waals surface area contributed by atoms with Gasteiger partial charge >= 0.3 is 118 Å². The molecule has 0 aromatic heterocycles. The van der Waals surface area contributed by atoms with Gasteiger partial charge in [-0.3, -0.25) is 0 Å². The molecule has 326 valence electrons. The monoisotopic (exact) mass is 1030 g/mol. The van der Waals surface area contributed by atoms with Crippen molar-refractivity contribution in [2.24, 2.45) is 30.7 Å². The Hall–Kier alpha value is -3.16. The Balaban J connectivity index is 0.00000245. The molecule has 0 heterocycles. The van der Waals surface area contributed by atoms with Gasteiger partial charge in [0.25, 0.3) is 0 Å². The molecule has 0 aliphatic rings. The number of azo groups is 3. The van der Waals surface area contributed by atoms with Gasteiger partial charge in [-0.2, -0.15) is 5.11 Å². The number of phenolic OH excluding ortho intramolecular Hbond substituents is 1. The van der Waals surface area contributed by atoms with E-state index in [1.165, 1.54) is 60.7 Å². The summed E-state index contributed by atoms with van der Waals surface area (Å²) in [4.78, 5) is -2.59. The van der Waals surface area contributed by atoms with Gasteiger partial charge in [0.2, 0.25) is 0 Å². The average molecular weight is 1030 g/mol. The predicted octanol–water partition coefficient (Wildman–Crippen LogP) is -2.95. The summed E-state index contributed by atoms with van der Waals surface area (Å²) in [6, 6.07) is 26.9. The molecule has 0 fully saturated rings. The molecule has 4 N–H and O–H groups in total. The van der Waals surface area contributed by atoms with Crippen molar-refractivity contribution in [3.05, 3.63) is 121 Å². The van der Waals surface area contributed by atoms with Gasteiger partial charge in [-0.05, 0) is 93.8 Å². The van der Waals surface area contributed by atoms with Gasteiger partial charge in [-0.15, -0.1) is 25.6 Å². The first-order valence-corrected chi connectivity index (χ1v) is 23.0. The minimum absolute atomic E-state index is 0. The second-order valence-electron chi connectivity index (χ2n) is 13.5. The van der Waals surface area contributed by atoms with Crippen molar-refractivity contribution >= 4 is 124 Å². The largest absolute Gasteiger partial charge is 1.00 e. The van der Waals surface area contributed by atoms with E-state index in [1.807, 2.05) is 0 Å². The molecule has 0 atom stereocenters. The van der Waals surface area contributed by atoms with E-state index in [4.69, 9.17) is 5.73 Å². The maximum absolute atomic E-state index is 12.2. The van der Waals surface area contributed by atoms with Gasteiger partial charge in [-0.25, -0.2) is 25.3 Å². The summed E-state index contributed by atoms with van der Waals surface area (Å²) in [6.07, 6.45) is 0. The van der Waals surface area contributed by atoms with Gasteiger partial charge in [0.1, 0.15) is 41.8 Å². The second-order valence-corrected chi connectivity index (χ2v) is 18.5. The van der Waals surface area contributed by atoms with Crippen LogP contribution < -0.4 is 124 Å². The van der Waals surface area contributed by atoms with Crippen molar-refractivity contribution in [2.45, 2.75) is 19.6 Å². The quantitative estimate of drug-likeness (QED) is 0.0455. The molecule has 0 radical (unpaired) electrons. The third-order valence-corrected chi connectivity index (χ3v) is 12.9. The number of benzene rings is 8. The number of nitrogens with zero attached hydrogens (tertiary/aromatic N) is 6. The van der Waals surface area contributed by atoms with E-state index in [9.17, 15) is 52.4 Å². The molecular weight excluding hydrogens is 1010 g/mol. The molecule has 0 spiro atoms. The van der Waals surface area contributed by atoms with Crippen LogP contribution in [-0.4, -0.2) is 49.5 Å². The zero-order chi connectivity index (χ0) is 45.0. The molecular formula is C40H24N7Na4O13S4-. The second kappa shape index (κ2) is 23.4. The number of anilines is 1. The smallest absolute Gasteiger partial charge is 0.870 e. The topological polar surface area (TPSA) is 356 Å². The van der Waals surface area contributed by atoms with Crippen molar-refractivity contribution in [3.63, 3.8) is 0 Å². The molecule has 68 heavy (non-hydrogen) atoms. The Morgan fingerprint density at radius 2 is 0.971 bits per heavy atom. The summed E-state index contributed by atoms with van der Waals surface area (Å²) in [5.41, 5.74) is 6.13. The normalized spacial score (nSPS) is 12.0. The van der Waals surface area contributed by atoms with Gasteiger partial charge in [0.05, 0.1) is 43.1 Å². The molecule has 0 aliphatic heterocycles. The van der Waals surface area contributed by atoms with Crippen molar-refractivity contribution < 1.29 is 176 Å². The van der Waals surface area contributed by atoms with Crippen LogP contribution in [0.1, 0.15) is 0 Å². The Kier molecular flexibility index (Phi) is 20.3. The Labute approximate surface area is 476 Å². The Morgan fingerprint density at radius 3 is 1.51 bits per heavy atom. The third kappa shape index (κ3) is 12.5. The van der Waals surface area contributed by atoms with Crippen molar-refractivity contribution in [2.75, 3.05) is 5.73 Å². The summed E-state index contributed by atoms with van der Waals surface area (Å²) < 4.78 is 133. The molecule has 0 unspecified atom stereocenters. The van der Waals surface area contributed by atoms with E-state index in [0.717, 1.165) is 36.4 Å². The number of nitrogens with two attached hydrogens (primary N) is 1. The van der Waals surface area contributed by atoms with Crippen LogP contribution in [0.5, 0.6) is 5.75 Å². The van der Waals surface area contributed by atoms with E-state index in [2.05, 4.69) is 30.7 Å². The molecule has 0 saturated heterocycles. The maximum Gasteiger partial charge on any atom is 1.00 e. The summed E-state index contributed by atoms with van der Waals surface area (Å²) in [5, 5.41) is 37.4. The van der Waals surface area contributed by atoms with Crippen LogP contribution in [0.25, 0.3) is 43.1 Å². The molecule has 8 rings (SSSR count). The minimum Gasteiger partial charge on any atom is -0.870 e. The number of hydrogen-bond acceptors (Lipinski definition) is 21. The SMILES string of the molecule is Nc1ccc2c(O)c(N=Nc3ccc(N=Nc4ccc(N=Nc5cc(S(=O)(=O)[O-])c6cccc(S(=O)(=O)[O-])c6c5)c5ccccc45)c4ccc(S(=O)(=O)[O-])cc34)c([S-](=O)=O)cc2c1.[Na+].[Na+].[Na+].[Na+].[OH-]. The fourth-order valence-corrected chi connectivity index (χ4v) is 9.19. The first-order valence-electron chi connectivity index (χ1n) is 17.7. The first-order chi connectivity index (χ1) is 29.8.